The molecule has 1 nitrogen and oxygen atoms in total. The molecule has 0 saturated heterocycles. The van der Waals surface area contributed by atoms with Crippen LogP contribution in [-0.2, 0) is 5.41 Å². The van der Waals surface area contributed by atoms with Crippen LogP contribution in [0.4, 0.5) is 4.39 Å². The van der Waals surface area contributed by atoms with Crippen LogP contribution in [0, 0.1) is 5.82 Å². The highest BCUT2D eigenvalue weighted by Crippen LogP contribution is 2.54. The third-order valence-electron chi connectivity index (χ3n) is 4.96. The summed E-state index contributed by atoms with van der Waals surface area (Å²) in [6.07, 6.45) is 6.18. The van der Waals surface area contributed by atoms with E-state index in [1.54, 1.807) is 12.1 Å². The first-order valence-corrected chi connectivity index (χ1v) is 10.1. The molecule has 0 N–H and O–H groups in total. The fraction of sp³-hybridized carbons (Fsp3) is 0.667. The van der Waals surface area contributed by atoms with Gasteiger partial charge >= 0.3 is 0 Å². The Labute approximate surface area is 131 Å². The van der Waals surface area contributed by atoms with Crippen molar-refractivity contribution >= 4 is 10.3 Å². The number of benzene rings is 1. The van der Waals surface area contributed by atoms with Crippen molar-refractivity contribution in [1.82, 2.24) is 0 Å². The third kappa shape index (κ3) is 3.94. The molecule has 0 aliphatic rings. The third-order valence-corrected chi connectivity index (χ3v) is 8.51. The fourth-order valence-electron chi connectivity index (χ4n) is 1.95. The summed E-state index contributed by atoms with van der Waals surface area (Å²) in [4.78, 5) is 0. The molecule has 0 bridgehead atoms. The Bertz CT molecular complexity index is 484. The Kier molecular flexibility index (Phi) is 5.41. The van der Waals surface area contributed by atoms with Crippen LogP contribution in [0.1, 0.15) is 59.9 Å². The highest BCUT2D eigenvalue weighted by atomic mass is 32.3. The summed E-state index contributed by atoms with van der Waals surface area (Å²) in [5, 5.41) is 0. The Morgan fingerprint density at radius 2 is 1.57 bits per heavy atom. The van der Waals surface area contributed by atoms with Crippen LogP contribution in [0.2, 0.25) is 0 Å². The van der Waals surface area contributed by atoms with Crippen LogP contribution < -0.4 is 4.18 Å². The van der Waals surface area contributed by atoms with E-state index in [4.69, 9.17) is 4.18 Å². The summed E-state index contributed by atoms with van der Waals surface area (Å²) >= 11 is 0. The van der Waals surface area contributed by atoms with Gasteiger partial charge in [-0.2, -0.15) is 0 Å². The molecule has 0 saturated carbocycles. The number of hydrogen-bond donors (Lipinski definition) is 0. The quantitative estimate of drug-likeness (QED) is 0.642. The van der Waals surface area contributed by atoms with Gasteiger partial charge in [-0.3, -0.25) is 0 Å². The first kappa shape index (κ1) is 18.3. The Hall–Kier alpha value is -0.700. The smallest absolute Gasteiger partial charge is 0.170 e. The summed E-state index contributed by atoms with van der Waals surface area (Å²) < 4.78 is 20.5. The SMILES string of the molecule is CCC(C)(CC)c1ccc(OS(C)(C)C(C)(C)C)c(F)c1. The van der Waals surface area contributed by atoms with Crippen molar-refractivity contribution < 1.29 is 8.57 Å². The average Bonchev–Trinajstić information content (AvgIpc) is 2.38. The van der Waals surface area contributed by atoms with Gasteiger partial charge in [-0.15, -0.1) is 0 Å². The largest absolute Gasteiger partial charge is 0.446 e. The zero-order valence-corrected chi connectivity index (χ0v) is 15.7. The second-order valence-electron chi connectivity index (χ2n) is 7.34. The highest BCUT2D eigenvalue weighted by Gasteiger charge is 2.31. The summed E-state index contributed by atoms with van der Waals surface area (Å²) in [5.74, 6) is 0.133. The van der Waals surface area contributed by atoms with Gasteiger partial charge in [0.05, 0.1) is 0 Å². The molecule has 0 aliphatic heterocycles. The van der Waals surface area contributed by atoms with Crippen molar-refractivity contribution in [3.63, 3.8) is 0 Å². The van der Waals surface area contributed by atoms with Gasteiger partial charge in [0.1, 0.15) is 0 Å². The number of hydrogen-bond acceptors (Lipinski definition) is 1. The van der Waals surface area contributed by atoms with Crippen molar-refractivity contribution in [1.29, 1.82) is 0 Å². The van der Waals surface area contributed by atoms with E-state index >= 15 is 0 Å². The molecule has 0 amide bonds. The average molecular weight is 315 g/mol. The van der Waals surface area contributed by atoms with Crippen molar-refractivity contribution in [2.45, 2.75) is 64.5 Å². The van der Waals surface area contributed by atoms with E-state index in [0.717, 1.165) is 18.4 Å². The second kappa shape index (κ2) is 6.20. The predicted octanol–water partition coefficient (Wildman–Crippen LogP) is 6.06. The Morgan fingerprint density at radius 1 is 1.05 bits per heavy atom. The normalized spacial score (nSPS) is 14.1. The van der Waals surface area contributed by atoms with Crippen LogP contribution in [-0.4, -0.2) is 17.3 Å². The van der Waals surface area contributed by atoms with Crippen molar-refractivity contribution in [2.24, 2.45) is 0 Å². The second-order valence-corrected chi connectivity index (χ2v) is 11.2. The molecule has 122 valence electrons. The minimum absolute atomic E-state index is 0.0134. The summed E-state index contributed by atoms with van der Waals surface area (Å²) in [6, 6.07) is 5.47. The molecule has 0 spiro atoms. The summed E-state index contributed by atoms with van der Waals surface area (Å²) in [5.41, 5.74) is 1.09. The van der Waals surface area contributed by atoms with E-state index in [1.807, 2.05) is 6.07 Å². The molecule has 0 aliphatic carbocycles. The van der Waals surface area contributed by atoms with Crippen molar-refractivity contribution in [3.8, 4) is 5.75 Å². The van der Waals surface area contributed by atoms with Gasteiger partial charge in [0, 0.05) is 4.75 Å². The summed E-state index contributed by atoms with van der Waals surface area (Å²) in [7, 11) is -1.37. The summed E-state index contributed by atoms with van der Waals surface area (Å²) in [6.45, 7) is 12.9. The molecular formula is C18H31FOS. The van der Waals surface area contributed by atoms with Gasteiger partial charge in [0.15, 0.2) is 11.6 Å². The van der Waals surface area contributed by atoms with Gasteiger partial charge in [0.25, 0.3) is 0 Å². The van der Waals surface area contributed by atoms with Gasteiger partial charge in [0.2, 0.25) is 0 Å². The van der Waals surface area contributed by atoms with Crippen molar-refractivity contribution in [2.75, 3.05) is 12.5 Å². The van der Waals surface area contributed by atoms with E-state index in [2.05, 4.69) is 54.1 Å². The monoisotopic (exact) mass is 314 g/mol. The first-order valence-electron chi connectivity index (χ1n) is 7.69. The fourth-order valence-corrected chi connectivity index (χ4v) is 2.79. The predicted molar refractivity (Wildman–Crippen MR) is 94.2 cm³/mol. The zero-order valence-electron chi connectivity index (χ0n) is 14.8. The van der Waals surface area contributed by atoms with Crippen LogP contribution in [0.15, 0.2) is 18.2 Å². The Balaban J connectivity index is 3.10. The van der Waals surface area contributed by atoms with Gasteiger partial charge < -0.3 is 4.18 Å². The van der Waals surface area contributed by atoms with Crippen LogP contribution in [0.3, 0.4) is 0 Å². The van der Waals surface area contributed by atoms with Crippen LogP contribution >= 0.6 is 10.3 Å². The molecule has 1 aromatic rings. The van der Waals surface area contributed by atoms with Gasteiger partial charge in [-0.1, -0.05) is 37.1 Å². The minimum Gasteiger partial charge on any atom is -0.446 e. The lowest BCUT2D eigenvalue weighted by Crippen LogP contribution is -2.27. The molecule has 0 heterocycles. The standard InChI is InChI=1S/C18H31FOS/c1-9-18(6,10-2)14-11-12-16(15(19)13-14)20-21(7,8)17(3,4)5/h11-13H,9-10H2,1-8H3. The topological polar surface area (TPSA) is 9.23 Å². The molecule has 0 radical (unpaired) electrons. The van der Waals surface area contributed by atoms with Gasteiger partial charge in [-0.05, 0) is 69.2 Å². The Morgan fingerprint density at radius 3 is 1.95 bits per heavy atom. The van der Waals surface area contributed by atoms with Crippen LogP contribution in [0.5, 0.6) is 5.75 Å². The maximum absolute atomic E-state index is 14.5. The lowest BCUT2D eigenvalue weighted by molar-refractivity contribution is 0.433. The molecule has 21 heavy (non-hydrogen) atoms. The minimum atomic E-state index is -1.37. The molecule has 0 unspecified atom stereocenters. The number of halogens is 1. The molecular weight excluding hydrogens is 283 g/mol. The molecule has 0 atom stereocenters. The lowest BCUT2D eigenvalue weighted by Gasteiger charge is -2.43. The maximum Gasteiger partial charge on any atom is 0.170 e. The maximum atomic E-state index is 14.5. The molecule has 1 rings (SSSR count). The molecule has 1 aromatic carbocycles. The van der Waals surface area contributed by atoms with E-state index in [0.29, 0.717) is 5.75 Å². The lowest BCUT2D eigenvalue weighted by atomic mass is 9.78. The molecule has 0 aromatic heterocycles. The van der Waals surface area contributed by atoms with E-state index in [-0.39, 0.29) is 16.0 Å². The highest BCUT2D eigenvalue weighted by molar-refractivity contribution is 8.30. The first-order chi connectivity index (χ1) is 9.47. The van der Waals surface area contributed by atoms with E-state index < -0.39 is 10.3 Å². The molecule has 0 fully saturated rings. The molecule has 3 heteroatoms. The van der Waals surface area contributed by atoms with E-state index in [1.165, 1.54) is 0 Å². The number of rotatable bonds is 5. The van der Waals surface area contributed by atoms with E-state index in [9.17, 15) is 4.39 Å². The van der Waals surface area contributed by atoms with Crippen LogP contribution in [0.25, 0.3) is 0 Å². The van der Waals surface area contributed by atoms with Crippen molar-refractivity contribution in [3.05, 3.63) is 29.6 Å². The van der Waals surface area contributed by atoms with Gasteiger partial charge in [-0.25, -0.2) is 4.39 Å². The zero-order chi connectivity index (χ0) is 16.5.